The Morgan fingerprint density at radius 2 is 0.909 bits per heavy atom. The van der Waals surface area contributed by atoms with Crippen LogP contribution in [0.25, 0.3) is 0 Å². The summed E-state index contributed by atoms with van der Waals surface area (Å²) in [5.41, 5.74) is 0. The Hall–Kier alpha value is 0.0300. The van der Waals surface area contributed by atoms with Crippen LogP contribution in [0.2, 0.25) is 0 Å². The van der Waals surface area contributed by atoms with Crippen LogP contribution in [-0.4, -0.2) is 44.1 Å². The summed E-state index contributed by atoms with van der Waals surface area (Å²) >= 11 is 0. The molecule has 0 unspecified atom stereocenters. The third kappa shape index (κ3) is 719000. The van der Waals surface area contributed by atoms with Gasteiger partial charge >= 0.3 is 29.6 Å². The first-order valence-electron chi connectivity index (χ1n) is 0.632. The molecule has 0 heterocycles. The molecule has 0 amide bonds. The van der Waals surface area contributed by atoms with Crippen molar-refractivity contribution in [1.29, 1.82) is 0 Å². The van der Waals surface area contributed by atoms with Crippen molar-refractivity contribution in [3.63, 3.8) is 0 Å². The van der Waals surface area contributed by atoms with E-state index < -0.39 is 6.16 Å². The molecular weight excluding hydrogens is 179 g/mol. The SMILES string of the molecule is O.O.O.O.O.O.O=C([O-])O.[Na+]. The Morgan fingerprint density at radius 1 is 0.909 bits per heavy atom. The van der Waals surface area contributed by atoms with Gasteiger partial charge in [0, 0.05) is 0 Å². The largest absolute Gasteiger partial charge is 1.00 e. The van der Waals surface area contributed by atoms with Crippen LogP contribution in [0.1, 0.15) is 0 Å². The zero-order valence-corrected chi connectivity index (χ0v) is 7.76. The summed E-state index contributed by atoms with van der Waals surface area (Å²) in [6.07, 6.45) is -2.08. The van der Waals surface area contributed by atoms with Gasteiger partial charge in [-0.15, -0.1) is 0 Å². The van der Waals surface area contributed by atoms with Crippen LogP contribution in [0.5, 0.6) is 0 Å². The first-order chi connectivity index (χ1) is 1.73. The zero-order valence-electron chi connectivity index (χ0n) is 5.76. The van der Waals surface area contributed by atoms with Crippen molar-refractivity contribution < 1.29 is 77.4 Å². The van der Waals surface area contributed by atoms with Gasteiger partial charge in [-0.3, -0.25) is 0 Å². The number of carbonyl (C=O) groups is 1. The third-order valence-corrected chi connectivity index (χ3v) is 0. The van der Waals surface area contributed by atoms with Crippen LogP contribution in [-0.2, 0) is 0 Å². The molecule has 0 saturated carbocycles. The van der Waals surface area contributed by atoms with E-state index in [2.05, 4.69) is 0 Å². The van der Waals surface area contributed by atoms with Gasteiger partial charge in [-0.1, -0.05) is 0 Å². The topological polar surface area (TPSA) is 249 Å². The van der Waals surface area contributed by atoms with E-state index in [4.69, 9.17) is 15.0 Å². The van der Waals surface area contributed by atoms with E-state index in [-0.39, 0.29) is 62.4 Å². The van der Waals surface area contributed by atoms with E-state index in [1.165, 1.54) is 0 Å². The van der Waals surface area contributed by atoms with Gasteiger partial charge in [-0.05, 0) is 0 Å². The van der Waals surface area contributed by atoms with E-state index >= 15 is 0 Å². The van der Waals surface area contributed by atoms with Crippen LogP contribution in [0.4, 0.5) is 4.79 Å². The van der Waals surface area contributed by atoms with E-state index in [0.29, 0.717) is 0 Å². The fraction of sp³-hybridized carbons (Fsp3) is 0. The summed E-state index contributed by atoms with van der Waals surface area (Å²) in [6.45, 7) is 0. The van der Waals surface area contributed by atoms with Crippen LogP contribution < -0.4 is 34.7 Å². The average Bonchev–Trinajstić information content (AvgIpc) is 0.811. The minimum Gasteiger partial charge on any atom is -0.565 e. The molecule has 0 radical (unpaired) electrons. The second kappa shape index (κ2) is 89.1. The first kappa shape index (κ1) is 121. The Bertz CT molecular complexity index is 32.5. The fourth-order valence-electron chi connectivity index (χ4n) is 0. The van der Waals surface area contributed by atoms with Gasteiger partial charge < -0.3 is 47.9 Å². The number of hydrogen-bond acceptors (Lipinski definition) is 2. The van der Waals surface area contributed by atoms with Crippen molar-refractivity contribution in [2.24, 2.45) is 0 Å². The van der Waals surface area contributed by atoms with Gasteiger partial charge in [0.2, 0.25) is 6.16 Å². The molecule has 13 N–H and O–H groups in total. The molecule has 0 rings (SSSR count). The molecule has 0 spiro atoms. The average molecular weight is 192 g/mol. The summed E-state index contributed by atoms with van der Waals surface area (Å²) in [5, 5.41) is 15.3. The van der Waals surface area contributed by atoms with Gasteiger partial charge in [0.05, 0.1) is 0 Å². The fourth-order valence-corrected chi connectivity index (χ4v) is 0. The number of hydrogen-bond donors (Lipinski definition) is 1. The van der Waals surface area contributed by atoms with Gasteiger partial charge in [-0.2, -0.15) is 0 Å². The standard InChI is InChI=1S/CH2O3.Na.6H2O/c2-1(3)4;;;;;;;/h(H2,2,3,4);;6*1H2/q;+1;;;;;;/p-1. The Labute approximate surface area is 83.8 Å². The predicted octanol–water partition coefficient (Wildman–Crippen LogP) is -9.06. The normalized spacial score (nSPS) is 2.18. The summed E-state index contributed by atoms with van der Waals surface area (Å²) in [5.74, 6) is 0. The molecule has 0 fully saturated rings. The minimum absolute atomic E-state index is 0. The molecule has 0 aliphatic carbocycles. The zero-order chi connectivity index (χ0) is 3.58. The molecule has 0 atom stereocenters. The third-order valence-electron chi connectivity index (χ3n) is 0. The summed E-state index contributed by atoms with van der Waals surface area (Å²) in [6, 6.07) is 0. The van der Waals surface area contributed by atoms with E-state index in [9.17, 15) is 0 Å². The molecule has 0 aromatic carbocycles. The predicted molar refractivity (Wildman–Crippen MR) is 29.7 cm³/mol. The quantitative estimate of drug-likeness (QED) is 0.367. The van der Waals surface area contributed by atoms with Crippen LogP contribution in [0, 0.1) is 0 Å². The molecule has 0 bridgehead atoms. The van der Waals surface area contributed by atoms with Gasteiger partial charge in [0.15, 0.2) is 0 Å². The van der Waals surface area contributed by atoms with Crippen molar-refractivity contribution in [2.45, 2.75) is 0 Å². The van der Waals surface area contributed by atoms with Gasteiger partial charge in [-0.25, -0.2) is 0 Å². The molecule has 0 aliphatic rings. The smallest absolute Gasteiger partial charge is 0.565 e. The summed E-state index contributed by atoms with van der Waals surface area (Å²) in [7, 11) is 0. The second-order valence-corrected chi connectivity index (χ2v) is 0.266. The molecule has 0 saturated heterocycles. The van der Waals surface area contributed by atoms with Gasteiger partial charge in [0.1, 0.15) is 0 Å². The van der Waals surface area contributed by atoms with Crippen molar-refractivity contribution in [1.82, 2.24) is 0 Å². The Kier molecular flexibility index (Phi) is 979. The molecule has 11 heavy (non-hydrogen) atoms. The molecule has 0 aromatic heterocycles. The van der Waals surface area contributed by atoms with Gasteiger partial charge in [0.25, 0.3) is 0 Å². The second-order valence-electron chi connectivity index (χ2n) is 0.266. The van der Waals surface area contributed by atoms with Crippen LogP contribution in [0.3, 0.4) is 0 Å². The van der Waals surface area contributed by atoms with E-state index in [1.807, 2.05) is 0 Å². The molecular formula is CH13NaO9. The number of carboxylic acid groups (broad SMARTS) is 2. The van der Waals surface area contributed by atoms with Crippen LogP contribution in [0.15, 0.2) is 0 Å². The van der Waals surface area contributed by atoms with Crippen molar-refractivity contribution in [3.8, 4) is 0 Å². The Balaban J connectivity index is -0.00000000214. The molecule has 72 valence electrons. The molecule has 10 heteroatoms. The van der Waals surface area contributed by atoms with Crippen molar-refractivity contribution >= 4 is 6.16 Å². The summed E-state index contributed by atoms with van der Waals surface area (Å²) in [4.78, 5) is 8.44. The van der Waals surface area contributed by atoms with Crippen molar-refractivity contribution in [2.75, 3.05) is 0 Å². The first-order valence-corrected chi connectivity index (χ1v) is 0.632. The summed E-state index contributed by atoms with van der Waals surface area (Å²) < 4.78 is 0. The maximum absolute atomic E-state index is 8.44. The molecule has 9 nitrogen and oxygen atoms in total. The monoisotopic (exact) mass is 192 g/mol. The maximum Gasteiger partial charge on any atom is 1.00 e. The van der Waals surface area contributed by atoms with E-state index in [1.54, 1.807) is 0 Å². The molecule has 0 aliphatic heterocycles. The maximum atomic E-state index is 8.44. The van der Waals surface area contributed by atoms with Crippen LogP contribution >= 0.6 is 0 Å². The Morgan fingerprint density at radius 3 is 0.909 bits per heavy atom. The number of rotatable bonds is 0. The molecule has 0 aromatic rings. The van der Waals surface area contributed by atoms with E-state index in [0.717, 1.165) is 0 Å². The minimum atomic E-state index is -2.08. The van der Waals surface area contributed by atoms with Crippen molar-refractivity contribution in [3.05, 3.63) is 0 Å².